The van der Waals surface area contributed by atoms with Gasteiger partial charge in [-0.1, -0.05) is 0 Å². The van der Waals surface area contributed by atoms with Gasteiger partial charge in [-0.15, -0.1) is 11.3 Å². The first-order valence-corrected chi connectivity index (χ1v) is 6.19. The number of rotatable bonds is 4. The van der Waals surface area contributed by atoms with Crippen LogP contribution in [0.1, 0.15) is 35.5 Å². The fourth-order valence-corrected chi connectivity index (χ4v) is 2.61. The summed E-state index contributed by atoms with van der Waals surface area (Å²) in [5, 5.41) is 6.92. The zero-order chi connectivity index (χ0) is 12.3. The predicted molar refractivity (Wildman–Crippen MR) is 66.7 cm³/mol. The van der Waals surface area contributed by atoms with Crippen LogP contribution in [-0.4, -0.2) is 24.0 Å². The van der Waals surface area contributed by atoms with Crippen molar-refractivity contribution in [1.82, 2.24) is 15.6 Å². The highest BCUT2D eigenvalue weighted by Crippen LogP contribution is 2.22. The number of nitrogens with zero attached hydrogens (tertiary/aromatic N) is 1. The van der Waals surface area contributed by atoms with Crippen molar-refractivity contribution >= 4 is 17.2 Å². The van der Waals surface area contributed by atoms with Crippen molar-refractivity contribution in [1.29, 1.82) is 0 Å². The number of amides is 1. The van der Waals surface area contributed by atoms with Gasteiger partial charge in [0.05, 0.1) is 16.7 Å². The van der Waals surface area contributed by atoms with E-state index in [1.165, 1.54) is 4.88 Å². The summed E-state index contributed by atoms with van der Waals surface area (Å²) in [6, 6.07) is -0.112. The Balaban J connectivity index is 2.68. The van der Waals surface area contributed by atoms with Crippen LogP contribution in [0.4, 0.5) is 0 Å². The van der Waals surface area contributed by atoms with E-state index in [1.54, 1.807) is 18.4 Å². The number of hydrogen-bond acceptors (Lipinski definition) is 4. The van der Waals surface area contributed by atoms with Gasteiger partial charge in [0, 0.05) is 18.0 Å². The molecule has 0 saturated heterocycles. The highest BCUT2D eigenvalue weighted by atomic mass is 32.1. The van der Waals surface area contributed by atoms with Crippen LogP contribution in [0.5, 0.6) is 0 Å². The highest BCUT2D eigenvalue weighted by Gasteiger charge is 2.18. The molecule has 0 fully saturated rings. The van der Waals surface area contributed by atoms with Gasteiger partial charge in [-0.3, -0.25) is 10.1 Å². The zero-order valence-electron chi connectivity index (χ0n) is 10.4. The molecule has 1 aromatic rings. The second kappa shape index (κ2) is 5.41. The number of nitrogens with one attached hydrogen (secondary N) is 2. The largest absolute Gasteiger partial charge is 0.358 e. The summed E-state index contributed by atoms with van der Waals surface area (Å²) in [4.78, 5) is 17.1. The molecule has 2 atom stereocenters. The second-order valence-electron chi connectivity index (χ2n) is 3.90. The Morgan fingerprint density at radius 2 is 2.00 bits per heavy atom. The average Bonchev–Trinajstić information content (AvgIpc) is 2.56. The summed E-state index contributed by atoms with van der Waals surface area (Å²) in [6.45, 7) is 7.93. The lowest BCUT2D eigenvalue weighted by Gasteiger charge is -2.18. The van der Waals surface area contributed by atoms with E-state index in [-0.39, 0.29) is 18.0 Å². The quantitative estimate of drug-likeness (QED) is 0.841. The fraction of sp³-hybridized carbons (Fsp3) is 0.636. The second-order valence-corrected chi connectivity index (χ2v) is 5.31. The molecule has 1 aromatic heterocycles. The minimum Gasteiger partial charge on any atom is -0.358 e. The van der Waals surface area contributed by atoms with E-state index in [1.807, 2.05) is 20.8 Å². The molecule has 0 aliphatic carbocycles. The van der Waals surface area contributed by atoms with Crippen molar-refractivity contribution in [3.63, 3.8) is 0 Å². The lowest BCUT2D eigenvalue weighted by molar-refractivity contribution is -0.122. The molecule has 4 nitrogen and oxygen atoms in total. The van der Waals surface area contributed by atoms with E-state index in [0.29, 0.717) is 0 Å². The lowest BCUT2D eigenvalue weighted by Crippen LogP contribution is -2.41. The molecule has 0 aromatic carbocycles. The molecule has 2 N–H and O–H groups in total. The SMILES string of the molecule is CNC(=O)C(C)NC(C)c1nc(C)sc1C. The number of likely N-dealkylation sites (N-methyl/N-ethyl adjacent to an activating group) is 1. The van der Waals surface area contributed by atoms with Gasteiger partial charge in [-0.25, -0.2) is 4.98 Å². The Bertz CT molecular complexity index is 375. The molecule has 1 heterocycles. The number of aryl methyl sites for hydroxylation is 2. The lowest BCUT2D eigenvalue weighted by atomic mass is 10.2. The third kappa shape index (κ3) is 3.02. The van der Waals surface area contributed by atoms with E-state index in [0.717, 1.165) is 10.7 Å². The van der Waals surface area contributed by atoms with Gasteiger partial charge in [0.1, 0.15) is 0 Å². The molecular formula is C11H19N3OS. The van der Waals surface area contributed by atoms with Gasteiger partial charge in [-0.05, 0) is 27.7 Å². The van der Waals surface area contributed by atoms with Gasteiger partial charge in [-0.2, -0.15) is 0 Å². The number of aromatic nitrogens is 1. The van der Waals surface area contributed by atoms with Crippen LogP contribution in [0.3, 0.4) is 0 Å². The van der Waals surface area contributed by atoms with Gasteiger partial charge in [0.2, 0.25) is 5.91 Å². The third-order valence-electron chi connectivity index (χ3n) is 2.49. The summed E-state index contributed by atoms with van der Waals surface area (Å²) in [6.07, 6.45) is 0. The van der Waals surface area contributed by atoms with Crippen LogP contribution in [0.25, 0.3) is 0 Å². The molecule has 1 amide bonds. The Morgan fingerprint density at radius 3 is 2.44 bits per heavy atom. The van der Waals surface area contributed by atoms with Crippen LogP contribution in [0.2, 0.25) is 0 Å². The van der Waals surface area contributed by atoms with Crippen LogP contribution in [-0.2, 0) is 4.79 Å². The Labute approximate surface area is 100 Å². The Kier molecular flexibility index (Phi) is 4.44. The molecule has 0 aliphatic heterocycles. The van der Waals surface area contributed by atoms with Crippen molar-refractivity contribution < 1.29 is 4.79 Å². The fourth-order valence-electron chi connectivity index (χ4n) is 1.69. The molecule has 16 heavy (non-hydrogen) atoms. The molecule has 0 spiro atoms. The zero-order valence-corrected chi connectivity index (χ0v) is 11.2. The maximum atomic E-state index is 11.4. The molecule has 0 saturated carbocycles. The van der Waals surface area contributed by atoms with Gasteiger partial charge in [0.25, 0.3) is 0 Å². The molecule has 0 radical (unpaired) electrons. The smallest absolute Gasteiger partial charge is 0.236 e. The third-order valence-corrected chi connectivity index (χ3v) is 3.39. The highest BCUT2D eigenvalue weighted by molar-refractivity contribution is 7.11. The minimum absolute atomic E-state index is 0.00328. The summed E-state index contributed by atoms with van der Waals surface area (Å²) in [5.74, 6) is -0.00328. The maximum absolute atomic E-state index is 11.4. The summed E-state index contributed by atoms with van der Waals surface area (Å²) in [5.41, 5.74) is 1.04. The van der Waals surface area contributed by atoms with Crippen LogP contribution in [0, 0.1) is 13.8 Å². The monoisotopic (exact) mass is 241 g/mol. The molecule has 0 bridgehead atoms. The van der Waals surface area contributed by atoms with Crippen LogP contribution >= 0.6 is 11.3 Å². The summed E-state index contributed by atoms with van der Waals surface area (Å²) >= 11 is 1.69. The molecule has 2 unspecified atom stereocenters. The normalized spacial score (nSPS) is 14.6. The van der Waals surface area contributed by atoms with Crippen LogP contribution < -0.4 is 10.6 Å². The Morgan fingerprint density at radius 1 is 1.38 bits per heavy atom. The van der Waals surface area contributed by atoms with E-state index < -0.39 is 0 Å². The van der Waals surface area contributed by atoms with E-state index >= 15 is 0 Å². The Hall–Kier alpha value is -0.940. The number of carbonyl (C=O) groups excluding carboxylic acids is 1. The van der Waals surface area contributed by atoms with E-state index in [2.05, 4.69) is 22.5 Å². The molecule has 90 valence electrons. The molecule has 0 aliphatic rings. The first kappa shape index (κ1) is 13.1. The van der Waals surface area contributed by atoms with Gasteiger partial charge >= 0.3 is 0 Å². The van der Waals surface area contributed by atoms with Crippen molar-refractivity contribution in [2.75, 3.05) is 7.05 Å². The standard InChI is InChI=1S/C11H19N3OS/c1-6(13-7(2)11(15)12-5)10-8(3)16-9(4)14-10/h6-7,13H,1-5H3,(H,12,15). The van der Waals surface area contributed by atoms with Crippen molar-refractivity contribution in [2.24, 2.45) is 0 Å². The number of thiazole rings is 1. The minimum atomic E-state index is -0.207. The van der Waals surface area contributed by atoms with Crippen molar-refractivity contribution in [2.45, 2.75) is 39.8 Å². The molecule has 1 rings (SSSR count). The first-order valence-electron chi connectivity index (χ1n) is 5.37. The van der Waals surface area contributed by atoms with Gasteiger partial charge in [0.15, 0.2) is 0 Å². The van der Waals surface area contributed by atoms with E-state index in [4.69, 9.17) is 0 Å². The van der Waals surface area contributed by atoms with Crippen molar-refractivity contribution in [3.05, 3.63) is 15.6 Å². The summed E-state index contributed by atoms with van der Waals surface area (Å²) in [7, 11) is 1.64. The van der Waals surface area contributed by atoms with Gasteiger partial charge < -0.3 is 5.32 Å². The van der Waals surface area contributed by atoms with Crippen molar-refractivity contribution in [3.8, 4) is 0 Å². The topological polar surface area (TPSA) is 54.0 Å². The number of hydrogen-bond donors (Lipinski definition) is 2. The predicted octanol–water partition coefficient (Wildman–Crippen LogP) is 1.55. The molecular weight excluding hydrogens is 222 g/mol. The summed E-state index contributed by atoms with van der Waals surface area (Å²) < 4.78 is 0. The average molecular weight is 241 g/mol. The maximum Gasteiger partial charge on any atom is 0.236 e. The van der Waals surface area contributed by atoms with Crippen LogP contribution in [0.15, 0.2) is 0 Å². The molecule has 5 heteroatoms. The van der Waals surface area contributed by atoms with E-state index in [9.17, 15) is 4.79 Å². The number of carbonyl (C=O) groups is 1. The first-order chi connectivity index (χ1) is 7.45.